The Hall–Kier alpha value is -2.64. The predicted octanol–water partition coefficient (Wildman–Crippen LogP) is 3.24. The number of nitriles is 1. The molecular weight excluding hydrogens is 274 g/mol. The van der Waals surface area contributed by atoms with Crippen molar-refractivity contribution in [1.29, 1.82) is 5.26 Å². The van der Waals surface area contributed by atoms with Gasteiger partial charge in [-0.15, -0.1) is 0 Å². The van der Waals surface area contributed by atoms with Crippen molar-refractivity contribution in [1.82, 2.24) is 5.32 Å². The number of amides is 1. The Balaban J connectivity index is 1.96. The predicted molar refractivity (Wildman–Crippen MR) is 87.2 cm³/mol. The third-order valence-electron chi connectivity index (χ3n) is 3.45. The number of rotatable bonds is 5. The highest BCUT2D eigenvalue weighted by Crippen LogP contribution is 2.13. The van der Waals surface area contributed by atoms with E-state index in [1.54, 1.807) is 24.3 Å². The molecule has 0 radical (unpaired) electrons. The Morgan fingerprint density at radius 1 is 1.09 bits per heavy atom. The summed E-state index contributed by atoms with van der Waals surface area (Å²) in [4.78, 5) is 12.2. The second-order valence-corrected chi connectivity index (χ2v) is 5.20. The lowest BCUT2D eigenvalue weighted by atomic mass is 10.1. The minimum Gasteiger partial charge on any atom is -0.325 e. The van der Waals surface area contributed by atoms with Gasteiger partial charge in [0.05, 0.1) is 17.7 Å². The molecule has 0 aliphatic rings. The Morgan fingerprint density at radius 3 is 2.50 bits per heavy atom. The van der Waals surface area contributed by atoms with Gasteiger partial charge in [-0.05, 0) is 37.6 Å². The SMILES string of the molecule is C[C@@H](N[C@H](C)c1ccccc1)C(=O)Nc1cccc(C#N)c1. The van der Waals surface area contributed by atoms with Gasteiger partial charge in [-0.3, -0.25) is 10.1 Å². The topological polar surface area (TPSA) is 64.9 Å². The number of hydrogen-bond acceptors (Lipinski definition) is 3. The summed E-state index contributed by atoms with van der Waals surface area (Å²) < 4.78 is 0. The van der Waals surface area contributed by atoms with Crippen LogP contribution in [0.15, 0.2) is 54.6 Å². The molecule has 2 N–H and O–H groups in total. The third-order valence-corrected chi connectivity index (χ3v) is 3.45. The molecule has 2 rings (SSSR count). The summed E-state index contributed by atoms with van der Waals surface area (Å²) in [5, 5.41) is 15.0. The number of anilines is 1. The third kappa shape index (κ3) is 4.18. The smallest absolute Gasteiger partial charge is 0.241 e. The Bertz CT molecular complexity index is 676. The second-order valence-electron chi connectivity index (χ2n) is 5.20. The summed E-state index contributed by atoms with van der Waals surface area (Å²) in [5.41, 5.74) is 2.29. The van der Waals surface area contributed by atoms with Crippen LogP contribution in [0, 0.1) is 11.3 Å². The van der Waals surface area contributed by atoms with E-state index in [0.717, 1.165) is 5.56 Å². The molecule has 0 bridgehead atoms. The Morgan fingerprint density at radius 2 is 1.82 bits per heavy atom. The maximum Gasteiger partial charge on any atom is 0.241 e. The molecule has 0 spiro atoms. The first-order chi connectivity index (χ1) is 10.6. The average Bonchev–Trinajstić information content (AvgIpc) is 2.55. The van der Waals surface area contributed by atoms with Crippen molar-refractivity contribution in [3.05, 3.63) is 65.7 Å². The largest absolute Gasteiger partial charge is 0.325 e. The van der Waals surface area contributed by atoms with Crippen LogP contribution < -0.4 is 10.6 Å². The lowest BCUT2D eigenvalue weighted by Crippen LogP contribution is -2.39. The number of benzene rings is 2. The van der Waals surface area contributed by atoms with Crippen molar-refractivity contribution >= 4 is 11.6 Å². The van der Waals surface area contributed by atoms with Crippen molar-refractivity contribution < 1.29 is 4.79 Å². The van der Waals surface area contributed by atoms with Gasteiger partial charge < -0.3 is 5.32 Å². The molecule has 0 saturated carbocycles. The Kier molecular flexibility index (Phi) is 5.29. The Labute approximate surface area is 130 Å². The number of nitrogens with one attached hydrogen (secondary N) is 2. The van der Waals surface area contributed by atoms with Crippen molar-refractivity contribution in [2.75, 3.05) is 5.32 Å². The molecule has 0 fully saturated rings. The van der Waals surface area contributed by atoms with Crippen LogP contribution in [0.4, 0.5) is 5.69 Å². The molecule has 0 unspecified atom stereocenters. The van der Waals surface area contributed by atoms with E-state index < -0.39 is 0 Å². The van der Waals surface area contributed by atoms with Crippen LogP contribution in [0.5, 0.6) is 0 Å². The van der Waals surface area contributed by atoms with Gasteiger partial charge in [0.25, 0.3) is 0 Å². The average molecular weight is 293 g/mol. The van der Waals surface area contributed by atoms with Gasteiger partial charge in [0, 0.05) is 11.7 Å². The summed E-state index contributed by atoms with van der Waals surface area (Å²) in [6, 6.07) is 18.6. The van der Waals surface area contributed by atoms with E-state index in [0.29, 0.717) is 11.3 Å². The first-order valence-electron chi connectivity index (χ1n) is 7.22. The van der Waals surface area contributed by atoms with Crippen molar-refractivity contribution in [3.8, 4) is 6.07 Å². The zero-order chi connectivity index (χ0) is 15.9. The highest BCUT2D eigenvalue weighted by Gasteiger charge is 2.16. The van der Waals surface area contributed by atoms with Gasteiger partial charge in [-0.25, -0.2) is 0 Å². The summed E-state index contributed by atoms with van der Waals surface area (Å²) in [6.45, 7) is 3.85. The fourth-order valence-corrected chi connectivity index (χ4v) is 2.21. The van der Waals surface area contributed by atoms with E-state index in [9.17, 15) is 4.79 Å². The number of hydrogen-bond donors (Lipinski definition) is 2. The molecule has 0 aliphatic heterocycles. The van der Waals surface area contributed by atoms with Gasteiger partial charge in [0.2, 0.25) is 5.91 Å². The van der Waals surface area contributed by atoms with Gasteiger partial charge in [0.1, 0.15) is 0 Å². The van der Waals surface area contributed by atoms with E-state index in [2.05, 4.69) is 16.7 Å². The molecular formula is C18H19N3O. The fourth-order valence-electron chi connectivity index (χ4n) is 2.21. The molecule has 0 aromatic heterocycles. The van der Waals surface area contributed by atoms with E-state index in [-0.39, 0.29) is 18.0 Å². The lowest BCUT2D eigenvalue weighted by molar-refractivity contribution is -0.117. The summed E-state index contributed by atoms with van der Waals surface area (Å²) >= 11 is 0. The maximum absolute atomic E-state index is 12.2. The molecule has 0 heterocycles. The minimum atomic E-state index is -0.346. The normalized spacial score (nSPS) is 13.0. The quantitative estimate of drug-likeness (QED) is 0.889. The van der Waals surface area contributed by atoms with E-state index in [1.165, 1.54) is 0 Å². The fraction of sp³-hybridized carbons (Fsp3) is 0.222. The molecule has 0 saturated heterocycles. The number of nitrogens with zero attached hydrogens (tertiary/aromatic N) is 1. The van der Waals surface area contributed by atoms with Crippen LogP contribution in [0.25, 0.3) is 0 Å². The molecule has 112 valence electrons. The minimum absolute atomic E-state index is 0.0763. The standard InChI is InChI=1S/C18H19N3O/c1-13(16-8-4-3-5-9-16)20-14(2)18(22)21-17-10-6-7-15(11-17)12-19/h3-11,13-14,20H,1-2H3,(H,21,22)/t13-,14-/m1/s1. The molecule has 2 aromatic rings. The van der Waals surface area contributed by atoms with Crippen LogP contribution in [0.3, 0.4) is 0 Å². The van der Waals surface area contributed by atoms with Crippen LogP contribution in [0.1, 0.15) is 31.0 Å². The zero-order valence-corrected chi connectivity index (χ0v) is 12.7. The van der Waals surface area contributed by atoms with Crippen molar-refractivity contribution in [2.45, 2.75) is 25.9 Å². The summed E-state index contributed by atoms with van der Waals surface area (Å²) in [7, 11) is 0. The van der Waals surface area contributed by atoms with E-state index in [1.807, 2.05) is 44.2 Å². The monoisotopic (exact) mass is 293 g/mol. The van der Waals surface area contributed by atoms with Gasteiger partial charge in [0.15, 0.2) is 0 Å². The molecule has 4 heteroatoms. The zero-order valence-electron chi connectivity index (χ0n) is 12.7. The number of carbonyl (C=O) groups excluding carboxylic acids is 1. The highest BCUT2D eigenvalue weighted by atomic mass is 16.2. The van der Waals surface area contributed by atoms with Crippen LogP contribution in [-0.2, 0) is 4.79 Å². The van der Waals surface area contributed by atoms with E-state index >= 15 is 0 Å². The second kappa shape index (κ2) is 7.39. The van der Waals surface area contributed by atoms with Gasteiger partial charge in [-0.2, -0.15) is 5.26 Å². The number of carbonyl (C=O) groups is 1. The van der Waals surface area contributed by atoms with Gasteiger partial charge >= 0.3 is 0 Å². The maximum atomic E-state index is 12.2. The summed E-state index contributed by atoms with van der Waals surface area (Å²) in [6.07, 6.45) is 0. The van der Waals surface area contributed by atoms with Gasteiger partial charge in [-0.1, -0.05) is 36.4 Å². The van der Waals surface area contributed by atoms with Crippen LogP contribution in [-0.4, -0.2) is 11.9 Å². The molecule has 2 aromatic carbocycles. The van der Waals surface area contributed by atoms with Crippen molar-refractivity contribution in [3.63, 3.8) is 0 Å². The highest BCUT2D eigenvalue weighted by molar-refractivity contribution is 5.94. The molecule has 0 aliphatic carbocycles. The van der Waals surface area contributed by atoms with Crippen molar-refractivity contribution in [2.24, 2.45) is 0 Å². The molecule has 22 heavy (non-hydrogen) atoms. The van der Waals surface area contributed by atoms with Crippen LogP contribution >= 0.6 is 0 Å². The molecule has 1 amide bonds. The molecule has 4 nitrogen and oxygen atoms in total. The first kappa shape index (κ1) is 15.7. The summed E-state index contributed by atoms with van der Waals surface area (Å²) in [5.74, 6) is -0.127. The van der Waals surface area contributed by atoms with Crippen LogP contribution in [0.2, 0.25) is 0 Å². The van der Waals surface area contributed by atoms with E-state index in [4.69, 9.17) is 5.26 Å². The lowest BCUT2D eigenvalue weighted by Gasteiger charge is -2.20. The molecule has 2 atom stereocenters. The first-order valence-corrected chi connectivity index (χ1v) is 7.22.